The fourth-order valence-corrected chi connectivity index (χ4v) is 2.32. The van der Waals surface area contributed by atoms with Crippen molar-refractivity contribution < 1.29 is 9.90 Å². The van der Waals surface area contributed by atoms with Gasteiger partial charge in [-0.15, -0.1) is 0 Å². The van der Waals surface area contributed by atoms with E-state index in [1.54, 1.807) is 0 Å². The van der Waals surface area contributed by atoms with Crippen molar-refractivity contribution in [2.24, 2.45) is 0 Å². The molecule has 2 bridgehead atoms. The molecule has 0 aliphatic carbocycles. The first-order valence-electron chi connectivity index (χ1n) is 4.09. The molecule has 0 aromatic carbocycles. The molecule has 2 aliphatic rings. The Morgan fingerprint density at radius 2 is 1.91 bits per heavy atom. The van der Waals surface area contributed by atoms with Gasteiger partial charge in [0.15, 0.2) is 0 Å². The summed E-state index contributed by atoms with van der Waals surface area (Å²) in [7, 11) is 0. The minimum Gasteiger partial charge on any atom is -0.480 e. The Morgan fingerprint density at radius 3 is 2.09 bits per heavy atom. The molecule has 2 N–H and O–H groups in total. The minimum atomic E-state index is -0.668. The molecular formula is C8H13NO2. The minimum absolute atomic E-state index is 0.123. The van der Waals surface area contributed by atoms with Gasteiger partial charge in [0.1, 0.15) is 5.54 Å². The molecule has 0 saturated carbocycles. The Bertz CT molecular complexity index is 204. The first-order valence-corrected chi connectivity index (χ1v) is 4.09. The largest absolute Gasteiger partial charge is 0.480 e. The van der Waals surface area contributed by atoms with Gasteiger partial charge in [-0.2, -0.15) is 0 Å². The summed E-state index contributed by atoms with van der Waals surface area (Å²) in [6.45, 7) is 2.12. The predicted octanol–water partition coefficient (Wildman–Crippen LogP) is 0.746. The van der Waals surface area contributed by atoms with Crippen LogP contribution in [0.1, 0.15) is 32.6 Å². The summed E-state index contributed by atoms with van der Waals surface area (Å²) in [5, 5.41) is 12.2. The first kappa shape index (κ1) is 7.10. The lowest BCUT2D eigenvalue weighted by Crippen LogP contribution is -2.46. The van der Waals surface area contributed by atoms with Gasteiger partial charge in [-0.05, 0) is 32.6 Å². The van der Waals surface area contributed by atoms with Crippen molar-refractivity contribution in [2.75, 3.05) is 0 Å². The second-order valence-corrected chi connectivity index (χ2v) is 4.07. The summed E-state index contributed by atoms with van der Waals surface area (Å²) >= 11 is 0. The monoisotopic (exact) mass is 155 g/mol. The van der Waals surface area contributed by atoms with Crippen LogP contribution in [0.25, 0.3) is 0 Å². The van der Waals surface area contributed by atoms with Crippen LogP contribution in [0.15, 0.2) is 0 Å². The zero-order valence-electron chi connectivity index (χ0n) is 6.68. The summed E-state index contributed by atoms with van der Waals surface area (Å²) in [6, 6.07) is 0. The summed E-state index contributed by atoms with van der Waals surface area (Å²) in [5.74, 6) is -0.668. The zero-order valence-corrected chi connectivity index (χ0v) is 6.68. The Labute approximate surface area is 65.8 Å². The maximum atomic E-state index is 10.9. The third kappa shape index (κ3) is 0.805. The van der Waals surface area contributed by atoms with Gasteiger partial charge in [-0.1, -0.05) is 0 Å². The van der Waals surface area contributed by atoms with Crippen molar-refractivity contribution >= 4 is 5.97 Å². The predicted molar refractivity (Wildman–Crippen MR) is 40.4 cm³/mol. The highest BCUT2D eigenvalue weighted by Gasteiger charge is 2.55. The van der Waals surface area contributed by atoms with Gasteiger partial charge in [0.05, 0.1) is 0 Å². The molecule has 0 spiro atoms. The van der Waals surface area contributed by atoms with Crippen LogP contribution in [0, 0.1) is 0 Å². The van der Waals surface area contributed by atoms with Gasteiger partial charge in [0.2, 0.25) is 0 Å². The van der Waals surface area contributed by atoms with E-state index in [4.69, 9.17) is 5.11 Å². The smallest absolute Gasteiger partial charge is 0.323 e. The van der Waals surface area contributed by atoms with Crippen molar-refractivity contribution in [3.05, 3.63) is 0 Å². The van der Waals surface area contributed by atoms with E-state index in [0.29, 0.717) is 0 Å². The third-order valence-electron chi connectivity index (χ3n) is 3.16. The van der Waals surface area contributed by atoms with Gasteiger partial charge in [-0.3, -0.25) is 10.1 Å². The number of hydrogen-bond acceptors (Lipinski definition) is 2. The lowest BCUT2D eigenvalue weighted by atomic mass is 9.83. The fraction of sp³-hybridized carbons (Fsp3) is 0.875. The molecule has 3 nitrogen and oxygen atoms in total. The maximum Gasteiger partial charge on any atom is 0.323 e. The molecule has 0 amide bonds. The van der Waals surface area contributed by atoms with E-state index in [1.807, 2.05) is 0 Å². The number of carboxylic acids is 1. The number of aliphatic carboxylic acids is 1. The molecule has 2 fully saturated rings. The normalized spacial score (nSPS) is 48.1. The van der Waals surface area contributed by atoms with Crippen molar-refractivity contribution in [1.82, 2.24) is 5.32 Å². The molecule has 2 aliphatic heterocycles. The van der Waals surface area contributed by atoms with E-state index >= 15 is 0 Å². The molecule has 2 saturated heterocycles. The first-order chi connectivity index (χ1) is 5.06. The Balaban J connectivity index is 2.27. The van der Waals surface area contributed by atoms with E-state index in [1.165, 1.54) is 0 Å². The van der Waals surface area contributed by atoms with Crippen LogP contribution >= 0.6 is 0 Å². The molecule has 0 aromatic heterocycles. The highest BCUT2D eigenvalue weighted by molar-refractivity contribution is 5.80. The molecule has 2 rings (SSSR count). The summed E-state index contributed by atoms with van der Waals surface area (Å²) in [5.41, 5.74) is -0.437. The van der Waals surface area contributed by atoms with Crippen LogP contribution in [0.3, 0.4) is 0 Å². The van der Waals surface area contributed by atoms with Crippen LogP contribution < -0.4 is 5.32 Å². The summed E-state index contributed by atoms with van der Waals surface area (Å²) < 4.78 is 0. The van der Waals surface area contributed by atoms with Crippen LogP contribution in [-0.2, 0) is 4.79 Å². The van der Waals surface area contributed by atoms with Crippen molar-refractivity contribution in [1.29, 1.82) is 0 Å². The standard InChI is InChI=1S/C8H13NO2/c1-7-2-4-8(9-7,5-3-7)6(10)11/h9H,2-5H2,1H3,(H,10,11). The molecule has 0 unspecified atom stereocenters. The number of carboxylic acid groups (broad SMARTS) is 1. The van der Waals surface area contributed by atoms with E-state index in [9.17, 15) is 4.79 Å². The molecule has 62 valence electrons. The van der Waals surface area contributed by atoms with Crippen molar-refractivity contribution in [3.8, 4) is 0 Å². The average Bonchev–Trinajstić information content (AvgIpc) is 2.42. The maximum absolute atomic E-state index is 10.9. The van der Waals surface area contributed by atoms with Crippen molar-refractivity contribution in [2.45, 2.75) is 43.7 Å². The van der Waals surface area contributed by atoms with Gasteiger partial charge < -0.3 is 5.11 Å². The average molecular weight is 155 g/mol. The van der Waals surface area contributed by atoms with Crippen molar-refractivity contribution in [3.63, 3.8) is 0 Å². The highest BCUT2D eigenvalue weighted by Crippen LogP contribution is 2.44. The van der Waals surface area contributed by atoms with Gasteiger partial charge in [0, 0.05) is 5.54 Å². The quantitative estimate of drug-likeness (QED) is 0.587. The Kier molecular flexibility index (Phi) is 1.15. The molecule has 3 heteroatoms. The number of nitrogens with one attached hydrogen (secondary N) is 1. The second kappa shape index (κ2) is 1.78. The van der Waals surface area contributed by atoms with E-state index < -0.39 is 11.5 Å². The molecule has 0 radical (unpaired) electrons. The number of hydrogen-bond donors (Lipinski definition) is 2. The number of carbonyl (C=O) groups is 1. The van der Waals surface area contributed by atoms with Crippen LogP contribution in [0.5, 0.6) is 0 Å². The zero-order chi connectivity index (χ0) is 8.11. The van der Waals surface area contributed by atoms with Gasteiger partial charge >= 0.3 is 5.97 Å². The van der Waals surface area contributed by atoms with Gasteiger partial charge in [0.25, 0.3) is 0 Å². The summed E-state index contributed by atoms with van der Waals surface area (Å²) in [6.07, 6.45) is 3.64. The topological polar surface area (TPSA) is 49.3 Å². The molecule has 0 aromatic rings. The lowest BCUT2D eigenvalue weighted by molar-refractivity contribution is -0.143. The van der Waals surface area contributed by atoms with E-state index in [2.05, 4.69) is 12.2 Å². The van der Waals surface area contributed by atoms with Crippen LogP contribution in [-0.4, -0.2) is 22.2 Å². The molecule has 11 heavy (non-hydrogen) atoms. The van der Waals surface area contributed by atoms with Crippen LogP contribution in [0.2, 0.25) is 0 Å². The number of fused-ring (bicyclic) bond motifs is 2. The van der Waals surface area contributed by atoms with Gasteiger partial charge in [-0.25, -0.2) is 0 Å². The molecule has 0 atom stereocenters. The van der Waals surface area contributed by atoms with E-state index in [0.717, 1.165) is 25.7 Å². The number of rotatable bonds is 1. The third-order valence-corrected chi connectivity index (χ3v) is 3.16. The SMILES string of the molecule is CC12CCC(C(=O)O)(CC1)N2. The highest BCUT2D eigenvalue weighted by atomic mass is 16.4. The Hall–Kier alpha value is -0.570. The summed E-state index contributed by atoms with van der Waals surface area (Å²) in [4.78, 5) is 10.9. The second-order valence-electron chi connectivity index (χ2n) is 4.07. The van der Waals surface area contributed by atoms with Crippen LogP contribution in [0.4, 0.5) is 0 Å². The molecule has 2 heterocycles. The lowest BCUT2D eigenvalue weighted by Gasteiger charge is -2.19. The fourth-order valence-electron chi connectivity index (χ4n) is 2.32. The Morgan fingerprint density at radius 1 is 1.36 bits per heavy atom. The molecular weight excluding hydrogens is 142 g/mol. The van der Waals surface area contributed by atoms with E-state index in [-0.39, 0.29) is 5.54 Å².